The summed E-state index contributed by atoms with van der Waals surface area (Å²) in [5.41, 5.74) is 1.56. The minimum Gasteiger partial charge on any atom is -0.462 e. The predicted octanol–water partition coefficient (Wildman–Crippen LogP) is 3.98. The molecule has 9 heteroatoms. The number of rotatable bonds is 6. The standard InChI is InChI=1S/C19H21F3N2O4/c1-5-27-18(26)15-11(2)16(23-12(15)3)17(25)24(4)10-13-8-6-7-9-14(13)28-19(20,21)22/h6-9,23H,5,10H2,1-4H3. The molecule has 0 aliphatic rings. The van der Waals surface area contributed by atoms with Crippen molar-refractivity contribution in [1.29, 1.82) is 0 Å². The number of H-pyrrole nitrogens is 1. The Hall–Kier alpha value is -2.97. The fourth-order valence-electron chi connectivity index (χ4n) is 2.85. The Morgan fingerprint density at radius 3 is 2.43 bits per heavy atom. The van der Waals surface area contributed by atoms with Crippen molar-refractivity contribution in [2.45, 2.75) is 33.7 Å². The molecule has 0 aliphatic heterocycles. The van der Waals surface area contributed by atoms with Gasteiger partial charge in [-0.15, -0.1) is 13.2 Å². The van der Waals surface area contributed by atoms with Gasteiger partial charge >= 0.3 is 12.3 Å². The molecular weight excluding hydrogens is 377 g/mol. The van der Waals surface area contributed by atoms with E-state index >= 15 is 0 Å². The molecule has 1 heterocycles. The summed E-state index contributed by atoms with van der Waals surface area (Å²) in [6, 6.07) is 5.60. The number of halogens is 3. The Labute approximate surface area is 160 Å². The Morgan fingerprint density at radius 2 is 1.82 bits per heavy atom. The first-order chi connectivity index (χ1) is 13.0. The number of aryl methyl sites for hydroxylation is 1. The van der Waals surface area contributed by atoms with Gasteiger partial charge in [0.1, 0.15) is 11.4 Å². The average Bonchev–Trinajstić information content (AvgIpc) is 2.89. The summed E-state index contributed by atoms with van der Waals surface area (Å²) in [7, 11) is 1.45. The number of alkyl halides is 3. The van der Waals surface area contributed by atoms with Gasteiger partial charge in [-0.05, 0) is 32.4 Å². The van der Waals surface area contributed by atoms with Crippen LogP contribution < -0.4 is 4.74 Å². The van der Waals surface area contributed by atoms with Crippen LogP contribution in [0.15, 0.2) is 24.3 Å². The Balaban J connectivity index is 2.25. The van der Waals surface area contributed by atoms with E-state index in [0.29, 0.717) is 11.3 Å². The Kier molecular flexibility index (Phi) is 6.37. The molecule has 6 nitrogen and oxygen atoms in total. The minimum atomic E-state index is -4.83. The van der Waals surface area contributed by atoms with E-state index < -0.39 is 18.2 Å². The third-order valence-corrected chi connectivity index (χ3v) is 4.08. The van der Waals surface area contributed by atoms with Crippen molar-refractivity contribution in [2.24, 2.45) is 0 Å². The number of para-hydroxylation sites is 1. The Bertz CT molecular complexity index is 875. The van der Waals surface area contributed by atoms with Crippen molar-refractivity contribution in [3.05, 3.63) is 52.3 Å². The van der Waals surface area contributed by atoms with Gasteiger partial charge in [0, 0.05) is 24.8 Å². The van der Waals surface area contributed by atoms with Crippen LogP contribution in [-0.2, 0) is 11.3 Å². The molecule has 0 bridgehead atoms. The fourth-order valence-corrected chi connectivity index (χ4v) is 2.85. The molecule has 0 fully saturated rings. The van der Waals surface area contributed by atoms with E-state index in [1.807, 2.05) is 0 Å². The lowest BCUT2D eigenvalue weighted by molar-refractivity contribution is -0.275. The highest BCUT2D eigenvalue weighted by molar-refractivity contribution is 6.00. The van der Waals surface area contributed by atoms with E-state index in [1.54, 1.807) is 26.8 Å². The lowest BCUT2D eigenvalue weighted by atomic mass is 10.1. The summed E-state index contributed by atoms with van der Waals surface area (Å²) in [5, 5.41) is 0. The van der Waals surface area contributed by atoms with Gasteiger partial charge in [0.2, 0.25) is 0 Å². The van der Waals surface area contributed by atoms with Crippen molar-refractivity contribution < 1.29 is 32.2 Å². The molecule has 0 spiro atoms. The number of aromatic amines is 1. The fraction of sp³-hybridized carbons (Fsp3) is 0.368. The van der Waals surface area contributed by atoms with E-state index in [9.17, 15) is 22.8 Å². The smallest absolute Gasteiger partial charge is 0.462 e. The van der Waals surface area contributed by atoms with Crippen LogP contribution in [0.25, 0.3) is 0 Å². The number of hydrogen-bond donors (Lipinski definition) is 1. The molecule has 1 aromatic carbocycles. The van der Waals surface area contributed by atoms with Crippen molar-refractivity contribution in [1.82, 2.24) is 9.88 Å². The summed E-state index contributed by atoms with van der Waals surface area (Å²) >= 11 is 0. The summed E-state index contributed by atoms with van der Waals surface area (Å²) in [6.07, 6.45) is -4.83. The zero-order valence-corrected chi connectivity index (χ0v) is 15.9. The second kappa shape index (κ2) is 8.37. The summed E-state index contributed by atoms with van der Waals surface area (Å²) in [4.78, 5) is 29.0. The topological polar surface area (TPSA) is 71.6 Å². The van der Waals surface area contributed by atoms with Gasteiger partial charge in [-0.3, -0.25) is 4.79 Å². The summed E-state index contributed by atoms with van der Waals surface area (Å²) < 4.78 is 46.7. The van der Waals surface area contributed by atoms with E-state index in [4.69, 9.17) is 4.74 Å². The molecule has 1 aromatic heterocycles. The quantitative estimate of drug-likeness (QED) is 0.748. The number of aromatic nitrogens is 1. The summed E-state index contributed by atoms with van der Waals surface area (Å²) in [5.74, 6) is -1.39. The molecule has 0 saturated carbocycles. The zero-order valence-electron chi connectivity index (χ0n) is 15.9. The molecular formula is C19H21F3N2O4. The molecule has 28 heavy (non-hydrogen) atoms. The molecule has 2 rings (SSSR count). The Morgan fingerprint density at radius 1 is 1.18 bits per heavy atom. The van der Waals surface area contributed by atoms with Crippen LogP contribution in [0, 0.1) is 13.8 Å². The number of hydrogen-bond acceptors (Lipinski definition) is 4. The highest BCUT2D eigenvalue weighted by atomic mass is 19.4. The van der Waals surface area contributed by atoms with Gasteiger partial charge in [-0.25, -0.2) is 4.79 Å². The number of carbonyl (C=O) groups is 2. The maximum Gasteiger partial charge on any atom is 0.573 e. The molecule has 0 saturated heterocycles. The third-order valence-electron chi connectivity index (χ3n) is 4.08. The highest BCUT2D eigenvalue weighted by Gasteiger charge is 2.32. The van der Waals surface area contributed by atoms with Gasteiger partial charge in [-0.2, -0.15) is 0 Å². The first-order valence-electron chi connectivity index (χ1n) is 8.50. The summed E-state index contributed by atoms with van der Waals surface area (Å²) in [6.45, 7) is 5.01. The lowest BCUT2D eigenvalue weighted by Crippen LogP contribution is -2.28. The van der Waals surface area contributed by atoms with E-state index in [0.717, 1.165) is 0 Å². The van der Waals surface area contributed by atoms with Crippen LogP contribution in [0.4, 0.5) is 13.2 Å². The second-order valence-electron chi connectivity index (χ2n) is 6.16. The maximum atomic E-state index is 12.8. The maximum absolute atomic E-state index is 12.8. The number of nitrogens with one attached hydrogen (secondary N) is 1. The molecule has 0 radical (unpaired) electrons. The predicted molar refractivity (Wildman–Crippen MR) is 95.1 cm³/mol. The van der Waals surface area contributed by atoms with Gasteiger partial charge in [0.15, 0.2) is 0 Å². The van der Waals surface area contributed by atoms with Crippen LogP contribution in [0.2, 0.25) is 0 Å². The SMILES string of the molecule is CCOC(=O)c1c(C)[nH]c(C(=O)N(C)Cc2ccccc2OC(F)(F)F)c1C. The molecule has 0 atom stereocenters. The number of esters is 1. The van der Waals surface area contributed by atoms with E-state index in [-0.39, 0.29) is 35.7 Å². The van der Waals surface area contributed by atoms with Crippen LogP contribution in [0.3, 0.4) is 0 Å². The number of nitrogens with zero attached hydrogens (tertiary/aromatic N) is 1. The van der Waals surface area contributed by atoms with Crippen molar-refractivity contribution >= 4 is 11.9 Å². The average molecular weight is 398 g/mol. The van der Waals surface area contributed by atoms with Crippen molar-refractivity contribution in [2.75, 3.05) is 13.7 Å². The minimum absolute atomic E-state index is 0.114. The zero-order chi connectivity index (χ0) is 21.1. The van der Waals surface area contributed by atoms with Gasteiger partial charge < -0.3 is 19.4 Å². The largest absolute Gasteiger partial charge is 0.573 e. The van der Waals surface area contributed by atoms with Crippen LogP contribution in [-0.4, -0.2) is 41.8 Å². The molecule has 1 amide bonds. The molecule has 152 valence electrons. The second-order valence-corrected chi connectivity index (χ2v) is 6.16. The normalized spacial score (nSPS) is 11.2. The number of benzene rings is 1. The molecule has 0 aliphatic carbocycles. The van der Waals surface area contributed by atoms with E-state index in [2.05, 4.69) is 9.72 Å². The first kappa shape index (κ1) is 21.3. The number of carbonyl (C=O) groups excluding carboxylic acids is 2. The monoisotopic (exact) mass is 398 g/mol. The lowest BCUT2D eigenvalue weighted by Gasteiger charge is -2.20. The number of ether oxygens (including phenoxy) is 2. The molecule has 0 unspecified atom stereocenters. The number of amides is 1. The third kappa shape index (κ3) is 4.85. The van der Waals surface area contributed by atoms with Crippen LogP contribution in [0.1, 0.15) is 44.6 Å². The molecule has 2 aromatic rings. The van der Waals surface area contributed by atoms with Crippen LogP contribution >= 0.6 is 0 Å². The first-order valence-corrected chi connectivity index (χ1v) is 8.50. The van der Waals surface area contributed by atoms with Crippen molar-refractivity contribution in [3.63, 3.8) is 0 Å². The molecule has 1 N–H and O–H groups in total. The van der Waals surface area contributed by atoms with Crippen molar-refractivity contribution in [3.8, 4) is 5.75 Å². The van der Waals surface area contributed by atoms with Gasteiger partial charge in [-0.1, -0.05) is 18.2 Å². The van der Waals surface area contributed by atoms with Gasteiger partial charge in [0.25, 0.3) is 5.91 Å². The van der Waals surface area contributed by atoms with Crippen LogP contribution in [0.5, 0.6) is 5.75 Å². The van der Waals surface area contributed by atoms with Gasteiger partial charge in [0.05, 0.1) is 12.2 Å². The van der Waals surface area contributed by atoms with E-state index in [1.165, 1.54) is 30.1 Å². The highest BCUT2D eigenvalue weighted by Crippen LogP contribution is 2.27.